The van der Waals surface area contributed by atoms with Crippen LogP contribution in [0.4, 0.5) is 4.39 Å². The van der Waals surface area contributed by atoms with Crippen molar-refractivity contribution in [3.8, 4) is 11.5 Å². The number of halogens is 2. The van der Waals surface area contributed by atoms with Crippen LogP contribution in [0.15, 0.2) is 41.6 Å². The van der Waals surface area contributed by atoms with Crippen molar-refractivity contribution in [3.05, 3.63) is 58.4 Å². The molecule has 0 aliphatic rings. The van der Waals surface area contributed by atoms with E-state index in [-0.39, 0.29) is 12.4 Å². The molecule has 7 nitrogen and oxygen atoms in total. The maximum Gasteiger partial charge on any atom is 0.209 e. The van der Waals surface area contributed by atoms with Crippen LogP contribution in [-0.2, 0) is 20.2 Å². The Morgan fingerprint density at radius 3 is 2.77 bits per heavy atom. The van der Waals surface area contributed by atoms with E-state index in [9.17, 15) is 4.39 Å². The molecule has 0 atom stereocenters. The van der Waals surface area contributed by atoms with Gasteiger partial charge in [0.05, 0.1) is 7.11 Å². The Hall–Kier alpha value is -2.36. The Morgan fingerprint density at radius 2 is 2.03 bits per heavy atom. The van der Waals surface area contributed by atoms with Crippen LogP contribution in [0.25, 0.3) is 0 Å². The number of thioether (sulfide) groups is 1. The minimum atomic E-state index is -0.308. The standard InChI is InChI=1S/C20H23ClFN5O2S/c1-27-20(24-25-26-27)30-9-5-8-23-12-15-10-18(28-2)19(11-16(15)21)29-13-14-6-3-4-7-17(14)22/h3-4,6-7,10-11,23H,5,8-9,12-13H2,1-2H3. The predicted octanol–water partition coefficient (Wildman–Crippen LogP) is 3.86. The van der Waals surface area contributed by atoms with Gasteiger partial charge in [0.15, 0.2) is 11.5 Å². The molecule has 1 heterocycles. The summed E-state index contributed by atoms with van der Waals surface area (Å²) in [4.78, 5) is 0. The summed E-state index contributed by atoms with van der Waals surface area (Å²) in [5.41, 5.74) is 1.37. The van der Waals surface area contributed by atoms with Gasteiger partial charge in [-0.25, -0.2) is 9.07 Å². The third-order valence-corrected chi connectivity index (χ3v) is 5.75. The quantitative estimate of drug-likeness (QED) is 0.350. The van der Waals surface area contributed by atoms with Crippen molar-refractivity contribution in [2.75, 3.05) is 19.4 Å². The average Bonchev–Trinajstić information content (AvgIpc) is 3.15. The number of benzene rings is 2. The van der Waals surface area contributed by atoms with E-state index < -0.39 is 0 Å². The summed E-state index contributed by atoms with van der Waals surface area (Å²) in [6, 6.07) is 10.0. The molecule has 10 heteroatoms. The topological polar surface area (TPSA) is 74.1 Å². The molecule has 0 saturated carbocycles. The number of nitrogens with zero attached hydrogens (tertiary/aromatic N) is 4. The number of rotatable bonds is 11. The molecular weight excluding hydrogens is 429 g/mol. The first kappa shape index (κ1) is 22.3. The van der Waals surface area contributed by atoms with E-state index in [4.69, 9.17) is 21.1 Å². The van der Waals surface area contributed by atoms with Crippen molar-refractivity contribution in [1.29, 1.82) is 0 Å². The summed E-state index contributed by atoms with van der Waals surface area (Å²) in [5, 5.41) is 16.1. The number of nitrogens with one attached hydrogen (secondary N) is 1. The first-order valence-corrected chi connectivity index (χ1v) is 10.7. The van der Waals surface area contributed by atoms with Crippen molar-refractivity contribution in [1.82, 2.24) is 25.5 Å². The van der Waals surface area contributed by atoms with Gasteiger partial charge in [0.2, 0.25) is 5.16 Å². The monoisotopic (exact) mass is 451 g/mol. The highest BCUT2D eigenvalue weighted by molar-refractivity contribution is 7.99. The number of aromatic nitrogens is 4. The Labute approximate surface area is 183 Å². The van der Waals surface area contributed by atoms with Gasteiger partial charge in [-0.3, -0.25) is 0 Å². The molecule has 0 radical (unpaired) electrons. The molecule has 160 valence electrons. The van der Waals surface area contributed by atoms with Crippen LogP contribution in [0.2, 0.25) is 5.02 Å². The molecule has 0 aliphatic carbocycles. The van der Waals surface area contributed by atoms with Crippen LogP contribution < -0.4 is 14.8 Å². The van der Waals surface area contributed by atoms with E-state index in [0.29, 0.717) is 28.6 Å². The minimum Gasteiger partial charge on any atom is -0.493 e. The molecule has 1 aromatic heterocycles. The third-order valence-electron chi connectivity index (χ3n) is 4.30. The van der Waals surface area contributed by atoms with Crippen molar-refractivity contribution in [2.24, 2.45) is 7.05 Å². The van der Waals surface area contributed by atoms with E-state index in [1.807, 2.05) is 13.1 Å². The lowest BCUT2D eigenvalue weighted by Crippen LogP contribution is -2.16. The molecule has 0 amide bonds. The second-order valence-electron chi connectivity index (χ2n) is 6.44. The van der Waals surface area contributed by atoms with Gasteiger partial charge in [-0.05, 0) is 41.1 Å². The number of tetrazole rings is 1. The number of hydrogen-bond acceptors (Lipinski definition) is 7. The van der Waals surface area contributed by atoms with Crippen LogP contribution in [0.3, 0.4) is 0 Å². The Morgan fingerprint density at radius 1 is 1.20 bits per heavy atom. The Kier molecular flexibility index (Phi) is 8.30. The Balaban J connectivity index is 1.49. The zero-order chi connectivity index (χ0) is 21.3. The third kappa shape index (κ3) is 6.07. The van der Waals surface area contributed by atoms with Crippen molar-refractivity contribution in [2.45, 2.75) is 24.7 Å². The fourth-order valence-electron chi connectivity index (χ4n) is 2.68. The number of methoxy groups -OCH3 is 1. The summed E-state index contributed by atoms with van der Waals surface area (Å²) < 4.78 is 26.6. The van der Waals surface area contributed by atoms with Crippen molar-refractivity contribution in [3.63, 3.8) is 0 Å². The maximum absolute atomic E-state index is 13.8. The van der Waals surface area contributed by atoms with Crippen LogP contribution >= 0.6 is 23.4 Å². The zero-order valence-electron chi connectivity index (χ0n) is 16.8. The van der Waals surface area contributed by atoms with Crippen LogP contribution in [0, 0.1) is 5.82 Å². The number of aryl methyl sites for hydroxylation is 1. The summed E-state index contributed by atoms with van der Waals surface area (Å²) in [6.07, 6.45) is 0.954. The second-order valence-corrected chi connectivity index (χ2v) is 7.91. The van der Waals surface area contributed by atoms with E-state index in [1.54, 1.807) is 47.8 Å². The summed E-state index contributed by atoms with van der Waals surface area (Å²) >= 11 is 8.03. The molecule has 2 aromatic carbocycles. The SMILES string of the molecule is COc1cc(CNCCCSc2nnnn2C)c(Cl)cc1OCc1ccccc1F. The first-order chi connectivity index (χ1) is 14.6. The fourth-order valence-corrected chi connectivity index (χ4v) is 3.69. The van der Waals surface area contributed by atoms with Crippen LogP contribution in [-0.4, -0.2) is 39.6 Å². The fraction of sp³-hybridized carbons (Fsp3) is 0.350. The van der Waals surface area contributed by atoms with Gasteiger partial charge < -0.3 is 14.8 Å². The van der Waals surface area contributed by atoms with Gasteiger partial charge in [0.25, 0.3) is 0 Å². The molecule has 0 fully saturated rings. The molecule has 3 rings (SSSR count). The van der Waals surface area contributed by atoms with Gasteiger partial charge in [0, 0.05) is 36.0 Å². The average molecular weight is 452 g/mol. The summed E-state index contributed by atoms with van der Waals surface area (Å²) in [5.74, 6) is 1.62. The van der Waals surface area contributed by atoms with Gasteiger partial charge in [0.1, 0.15) is 12.4 Å². The minimum absolute atomic E-state index is 0.0929. The zero-order valence-corrected chi connectivity index (χ0v) is 18.3. The summed E-state index contributed by atoms with van der Waals surface area (Å²) in [7, 11) is 3.38. The molecule has 0 bridgehead atoms. The van der Waals surface area contributed by atoms with E-state index in [1.165, 1.54) is 6.07 Å². The molecule has 0 spiro atoms. The smallest absolute Gasteiger partial charge is 0.209 e. The first-order valence-electron chi connectivity index (χ1n) is 9.37. The van der Waals surface area contributed by atoms with Crippen LogP contribution in [0.5, 0.6) is 11.5 Å². The predicted molar refractivity (Wildman–Crippen MR) is 115 cm³/mol. The molecule has 30 heavy (non-hydrogen) atoms. The van der Waals surface area contributed by atoms with Crippen molar-refractivity contribution >= 4 is 23.4 Å². The van der Waals surface area contributed by atoms with Gasteiger partial charge in [-0.15, -0.1) is 5.10 Å². The molecule has 0 unspecified atom stereocenters. The lowest BCUT2D eigenvalue weighted by Gasteiger charge is -2.14. The number of hydrogen-bond donors (Lipinski definition) is 1. The van der Waals surface area contributed by atoms with E-state index >= 15 is 0 Å². The highest BCUT2D eigenvalue weighted by Gasteiger charge is 2.12. The van der Waals surface area contributed by atoms with E-state index in [2.05, 4.69) is 20.8 Å². The van der Waals surface area contributed by atoms with Crippen molar-refractivity contribution < 1.29 is 13.9 Å². The molecule has 1 N–H and O–H groups in total. The Bertz CT molecular complexity index is 972. The van der Waals surface area contributed by atoms with Gasteiger partial charge >= 0.3 is 0 Å². The normalized spacial score (nSPS) is 10.9. The lowest BCUT2D eigenvalue weighted by atomic mass is 10.2. The lowest BCUT2D eigenvalue weighted by molar-refractivity contribution is 0.279. The second kappa shape index (κ2) is 11.1. The van der Waals surface area contributed by atoms with Gasteiger partial charge in [-0.1, -0.05) is 41.6 Å². The largest absolute Gasteiger partial charge is 0.493 e. The maximum atomic E-state index is 13.8. The molecular formula is C20H23ClFN5O2S. The summed E-state index contributed by atoms with van der Waals surface area (Å²) in [6.45, 7) is 1.51. The van der Waals surface area contributed by atoms with Crippen LogP contribution in [0.1, 0.15) is 17.5 Å². The number of ether oxygens (including phenoxy) is 2. The van der Waals surface area contributed by atoms with E-state index in [0.717, 1.165) is 29.4 Å². The molecule has 0 saturated heterocycles. The highest BCUT2D eigenvalue weighted by Crippen LogP contribution is 2.34. The van der Waals surface area contributed by atoms with Gasteiger partial charge in [-0.2, -0.15) is 0 Å². The molecule has 0 aliphatic heterocycles. The molecule has 3 aromatic rings. The highest BCUT2D eigenvalue weighted by atomic mass is 35.5.